The zero-order valence-corrected chi connectivity index (χ0v) is 24.4. The van der Waals surface area contributed by atoms with Crippen molar-refractivity contribution in [2.24, 2.45) is 23.0 Å². The zero-order chi connectivity index (χ0) is 29.0. The van der Waals surface area contributed by atoms with Crippen LogP contribution in [0.25, 0.3) is 0 Å². The molecule has 0 bridgehead atoms. The Labute approximate surface area is 228 Å². The number of hydrogen-bond acceptors (Lipinski definition) is 7. The molecule has 4 unspecified atom stereocenters. The molecule has 0 aromatic heterocycles. The minimum atomic E-state index is -4.42. The summed E-state index contributed by atoms with van der Waals surface area (Å²) in [7, 11) is 0. The van der Waals surface area contributed by atoms with Gasteiger partial charge in [-0.25, -0.2) is 5.01 Å². The largest absolute Gasteiger partial charge is 0.481 e. The van der Waals surface area contributed by atoms with Gasteiger partial charge in [0, 0.05) is 45.0 Å². The molecule has 2 saturated heterocycles. The number of carboxylic acids is 1. The van der Waals surface area contributed by atoms with Crippen molar-refractivity contribution in [2.75, 3.05) is 26.2 Å². The first kappa shape index (κ1) is 38.1. The van der Waals surface area contributed by atoms with E-state index in [0.29, 0.717) is 25.8 Å². The molecule has 0 spiro atoms. The quantitative estimate of drug-likeness (QED) is 0.158. The molecule has 38 heavy (non-hydrogen) atoms. The third-order valence-electron chi connectivity index (χ3n) is 5.55. The molecule has 2 heterocycles. The molecule has 0 aromatic rings. The summed E-state index contributed by atoms with van der Waals surface area (Å²) in [5, 5.41) is 16.6. The Morgan fingerprint density at radius 1 is 0.868 bits per heavy atom. The number of aliphatic carboxylic acids is 1. The molecule has 11 nitrogen and oxygen atoms in total. The van der Waals surface area contributed by atoms with Crippen molar-refractivity contribution < 1.29 is 65.3 Å². The molecule has 18 heteroatoms. The Bertz CT molecular complexity index is 757. The number of nitroso groups, excluding NO2 is 1. The van der Waals surface area contributed by atoms with E-state index in [1.165, 1.54) is 10.0 Å². The van der Waals surface area contributed by atoms with Gasteiger partial charge < -0.3 is 15.7 Å². The van der Waals surface area contributed by atoms with Gasteiger partial charge in [-0.1, -0.05) is 0 Å². The Morgan fingerprint density at radius 2 is 1.24 bits per heavy atom. The fourth-order valence-electron chi connectivity index (χ4n) is 3.43. The van der Waals surface area contributed by atoms with Crippen molar-refractivity contribution in [3.63, 3.8) is 0 Å². The summed E-state index contributed by atoms with van der Waals surface area (Å²) in [6, 6.07) is 0.103. The van der Waals surface area contributed by atoms with Crippen molar-refractivity contribution >= 4 is 17.8 Å². The summed E-state index contributed by atoms with van der Waals surface area (Å²) < 4.78 is 71.3. The first-order chi connectivity index (χ1) is 16.9. The normalized spacial score (nSPS) is 23.8. The van der Waals surface area contributed by atoms with Crippen LogP contribution in [0.2, 0.25) is 0 Å². The van der Waals surface area contributed by atoms with E-state index in [4.69, 9.17) is 15.7 Å². The first-order valence-electron chi connectivity index (χ1n) is 11.4. The number of rotatable bonds is 5. The summed E-state index contributed by atoms with van der Waals surface area (Å²) in [5.74, 6) is 2.49. The molecule has 218 valence electrons. The summed E-state index contributed by atoms with van der Waals surface area (Å²) in [6.07, 6.45) is -6.44. The fraction of sp³-hybridized carbons (Fsp3) is 0.850. The molecule has 2 fully saturated rings. The predicted molar refractivity (Wildman–Crippen MR) is 119 cm³/mol. The summed E-state index contributed by atoms with van der Waals surface area (Å²) in [5.41, 5.74) is 0. The zero-order valence-electron chi connectivity index (χ0n) is 21.4. The number of hydrogen-bond donors (Lipinski definition) is 4. The van der Waals surface area contributed by atoms with Crippen LogP contribution in [0.15, 0.2) is 5.29 Å². The van der Waals surface area contributed by atoms with Crippen LogP contribution < -0.4 is 16.5 Å². The van der Waals surface area contributed by atoms with Gasteiger partial charge in [0.2, 0.25) is 11.8 Å². The number of piperidine rings is 2. The molecule has 0 saturated carbocycles. The number of nitrogens with zero attached hydrogens (tertiary/aromatic N) is 3. The van der Waals surface area contributed by atoms with Crippen molar-refractivity contribution in [2.45, 2.75) is 70.9 Å². The van der Waals surface area contributed by atoms with Crippen LogP contribution in [0.3, 0.4) is 0 Å². The average Bonchev–Trinajstić information content (AvgIpc) is 2.77. The minimum Gasteiger partial charge on any atom is -0.481 e. The van der Waals surface area contributed by atoms with E-state index in [1.807, 2.05) is 17.6 Å². The van der Waals surface area contributed by atoms with Crippen molar-refractivity contribution in [3.05, 3.63) is 4.91 Å². The van der Waals surface area contributed by atoms with E-state index in [1.54, 1.807) is 6.92 Å². The van der Waals surface area contributed by atoms with Crippen LogP contribution in [0.4, 0.5) is 26.3 Å². The molecule has 0 aromatic carbocycles. The number of nitrogens with one attached hydrogen (secondary N) is 2. The molecule has 2 aliphatic rings. The predicted octanol–water partition coefficient (Wildman–Crippen LogP) is 2.17. The van der Waals surface area contributed by atoms with E-state index in [-0.39, 0.29) is 38.1 Å². The van der Waals surface area contributed by atoms with Crippen LogP contribution in [0, 0.1) is 16.7 Å². The third-order valence-corrected chi connectivity index (χ3v) is 5.55. The summed E-state index contributed by atoms with van der Waals surface area (Å²) >= 11 is 0. The number of alkyl halides is 6. The molecular formula is C20H34F6N6O5Zn. The molecule has 5 N–H and O–H groups in total. The van der Waals surface area contributed by atoms with Gasteiger partial charge in [0.1, 0.15) is 13.1 Å². The van der Waals surface area contributed by atoms with Gasteiger partial charge in [-0.2, -0.15) is 26.3 Å². The number of carbonyl (C=O) groups is 3. The van der Waals surface area contributed by atoms with Gasteiger partial charge in [0.25, 0.3) is 5.97 Å². The smallest absolute Gasteiger partial charge is 0.405 e. The first-order valence-corrected chi connectivity index (χ1v) is 11.4. The van der Waals surface area contributed by atoms with Crippen LogP contribution in [-0.4, -0.2) is 83.5 Å². The van der Waals surface area contributed by atoms with Crippen LogP contribution in [0.5, 0.6) is 0 Å². The van der Waals surface area contributed by atoms with E-state index in [9.17, 15) is 40.8 Å². The number of nitrogens with two attached hydrogens (primary N) is 1. The van der Waals surface area contributed by atoms with Crippen molar-refractivity contribution in [1.82, 2.24) is 20.7 Å². The second kappa shape index (κ2) is 17.5. The molecule has 4 atom stereocenters. The van der Waals surface area contributed by atoms with Gasteiger partial charge in [0.05, 0.1) is 23.7 Å². The summed E-state index contributed by atoms with van der Waals surface area (Å²) in [4.78, 5) is 42.3. The van der Waals surface area contributed by atoms with E-state index >= 15 is 0 Å². The number of hydrazine groups is 1. The SMILES string of the molecule is CC(=O)O.CC1CCC(C(=O)NCC(F)(F)F)CN1N.CC1CCC(C(=O)NCC(F)(F)F)CN1N=O.[Zn]. The Kier molecular flexibility index (Phi) is 17.5. The van der Waals surface area contributed by atoms with E-state index in [0.717, 1.165) is 13.3 Å². The molecular weight excluding hydrogens is 584 g/mol. The van der Waals surface area contributed by atoms with Gasteiger partial charge in [-0.3, -0.25) is 25.2 Å². The van der Waals surface area contributed by atoms with Gasteiger partial charge >= 0.3 is 12.4 Å². The second-order valence-corrected chi connectivity index (χ2v) is 8.83. The fourth-order valence-corrected chi connectivity index (χ4v) is 3.43. The minimum absolute atomic E-state index is 0. The number of carbonyl (C=O) groups excluding carboxylic acids is 2. The Balaban J connectivity index is 0. The molecule has 0 radical (unpaired) electrons. The topological polar surface area (TPSA) is 157 Å². The Morgan fingerprint density at radius 3 is 1.58 bits per heavy atom. The maximum Gasteiger partial charge on any atom is 0.405 e. The van der Waals surface area contributed by atoms with Crippen molar-refractivity contribution in [1.29, 1.82) is 0 Å². The second-order valence-electron chi connectivity index (χ2n) is 8.83. The number of carboxylic acid groups (broad SMARTS) is 1. The average molecular weight is 618 g/mol. The maximum absolute atomic E-state index is 11.9. The Hall–Kier alpha value is -2.07. The third kappa shape index (κ3) is 17.4. The molecule has 2 rings (SSSR count). The van der Waals surface area contributed by atoms with Crippen LogP contribution >= 0.6 is 0 Å². The van der Waals surface area contributed by atoms with Crippen molar-refractivity contribution in [3.8, 4) is 0 Å². The van der Waals surface area contributed by atoms with Gasteiger partial charge in [-0.15, -0.1) is 4.91 Å². The molecule has 2 aliphatic heterocycles. The monoisotopic (exact) mass is 616 g/mol. The van der Waals surface area contributed by atoms with Crippen LogP contribution in [0.1, 0.15) is 46.5 Å². The van der Waals surface area contributed by atoms with E-state index < -0.39 is 55.1 Å². The van der Waals surface area contributed by atoms with Gasteiger partial charge in [-0.05, 0) is 39.5 Å². The summed E-state index contributed by atoms with van der Waals surface area (Å²) in [6.45, 7) is 2.56. The standard InChI is InChI=1S/C9H14F3N3O2.C9H16F3N3O.C2H4O2.Zn/c1-6-2-3-7(4-15(6)14-17)8(16)13-5-9(10,11)12;1-6-2-3-7(4-15(6)13)8(16)14-5-9(10,11)12;1-2(3)4;/h6-7H,2-5H2,1H3,(H,13,16);6-7H,2-5,13H2,1H3,(H,14,16);1H3,(H,3,4);. The molecule has 2 amide bonds. The molecule has 0 aliphatic carbocycles. The maximum atomic E-state index is 11.9. The van der Waals surface area contributed by atoms with Crippen LogP contribution in [-0.2, 0) is 33.9 Å². The van der Waals surface area contributed by atoms with E-state index in [2.05, 4.69) is 5.29 Å². The number of halogens is 6. The van der Waals surface area contributed by atoms with Gasteiger partial charge in [0.15, 0.2) is 0 Å². The number of amides is 2.